The Hall–Kier alpha value is -2.08. The van der Waals surface area contributed by atoms with E-state index in [2.05, 4.69) is 10.4 Å². The van der Waals surface area contributed by atoms with Gasteiger partial charge in [0.05, 0.1) is 11.2 Å². The van der Waals surface area contributed by atoms with E-state index in [-0.39, 0.29) is 16.7 Å². The highest BCUT2D eigenvalue weighted by Crippen LogP contribution is 2.25. The van der Waals surface area contributed by atoms with E-state index in [0.717, 1.165) is 24.6 Å². The van der Waals surface area contributed by atoms with Crippen molar-refractivity contribution in [2.45, 2.75) is 32.9 Å². The standard InChI is InChI=1S/C16H19ClFN3O2/c1-11-9-20-21(10-11)7-3-6-19-16(22)12(2)23-15-5-4-13(18)8-14(15)17/h4-5,8-10,12H,3,6-7H2,1-2H3,(H,19,22). The van der Waals surface area contributed by atoms with E-state index in [1.807, 2.05) is 17.8 Å². The van der Waals surface area contributed by atoms with E-state index in [9.17, 15) is 9.18 Å². The van der Waals surface area contributed by atoms with Gasteiger partial charge in [-0.25, -0.2) is 4.39 Å². The average Bonchev–Trinajstić information content (AvgIpc) is 2.91. The topological polar surface area (TPSA) is 56.2 Å². The van der Waals surface area contributed by atoms with Gasteiger partial charge in [-0.05, 0) is 44.0 Å². The number of carbonyl (C=O) groups excluding carboxylic acids is 1. The van der Waals surface area contributed by atoms with E-state index in [1.54, 1.807) is 13.1 Å². The predicted octanol–water partition coefficient (Wildman–Crippen LogP) is 2.96. The zero-order valence-corrected chi connectivity index (χ0v) is 13.8. The quantitative estimate of drug-likeness (QED) is 0.789. The maximum absolute atomic E-state index is 13.0. The molecule has 0 bridgehead atoms. The van der Waals surface area contributed by atoms with Crippen LogP contribution in [0.1, 0.15) is 18.9 Å². The number of amides is 1. The molecule has 0 aliphatic heterocycles. The summed E-state index contributed by atoms with van der Waals surface area (Å²) < 4.78 is 20.2. The van der Waals surface area contributed by atoms with Crippen LogP contribution in [0.25, 0.3) is 0 Å². The lowest BCUT2D eigenvalue weighted by molar-refractivity contribution is -0.127. The highest BCUT2D eigenvalue weighted by molar-refractivity contribution is 6.32. The van der Waals surface area contributed by atoms with Gasteiger partial charge in [0.1, 0.15) is 11.6 Å². The van der Waals surface area contributed by atoms with Crippen molar-refractivity contribution in [2.75, 3.05) is 6.54 Å². The van der Waals surface area contributed by atoms with Gasteiger partial charge in [0, 0.05) is 19.3 Å². The minimum atomic E-state index is -0.718. The largest absolute Gasteiger partial charge is 0.479 e. The molecule has 2 aromatic rings. The van der Waals surface area contributed by atoms with Crippen molar-refractivity contribution >= 4 is 17.5 Å². The van der Waals surface area contributed by atoms with Crippen molar-refractivity contribution in [1.82, 2.24) is 15.1 Å². The number of ether oxygens (including phenoxy) is 1. The Bertz CT molecular complexity index is 675. The number of aryl methyl sites for hydroxylation is 2. The van der Waals surface area contributed by atoms with Gasteiger partial charge in [0.2, 0.25) is 0 Å². The SMILES string of the molecule is Cc1cnn(CCCNC(=O)C(C)Oc2ccc(F)cc2Cl)c1. The molecule has 1 N–H and O–H groups in total. The van der Waals surface area contributed by atoms with Crippen LogP contribution in [-0.2, 0) is 11.3 Å². The predicted molar refractivity (Wildman–Crippen MR) is 86.1 cm³/mol. The van der Waals surface area contributed by atoms with Crippen molar-refractivity contribution in [3.63, 3.8) is 0 Å². The zero-order chi connectivity index (χ0) is 16.8. The highest BCUT2D eigenvalue weighted by Gasteiger charge is 2.15. The number of halogens is 2. The lowest BCUT2D eigenvalue weighted by Crippen LogP contribution is -2.37. The third kappa shape index (κ3) is 5.25. The molecule has 0 radical (unpaired) electrons. The maximum atomic E-state index is 13.0. The number of hydrogen-bond acceptors (Lipinski definition) is 3. The van der Waals surface area contributed by atoms with Crippen LogP contribution in [0, 0.1) is 12.7 Å². The van der Waals surface area contributed by atoms with Crippen LogP contribution in [0.15, 0.2) is 30.6 Å². The van der Waals surface area contributed by atoms with Crippen LogP contribution >= 0.6 is 11.6 Å². The first-order valence-corrected chi connectivity index (χ1v) is 7.72. The number of nitrogens with one attached hydrogen (secondary N) is 1. The van der Waals surface area contributed by atoms with E-state index >= 15 is 0 Å². The van der Waals surface area contributed by atoms with Crippen LogP contribution in [-0.4, -0.2) is 28.3 Å². The molecule has 0 fully saturated rings. The fraction of sp³-hybridized carbons (Fsp3) is 0.375. The highest BCUT2D eigenvalue weighted by atomic mass is 35.5. The van der Waals surface area contributed by atoms with Crippen molar-refractivity contribution in [3.05, 3.63) is 47.0 Å². The van der Waals surface area contributed by atoms with E-state index in [1.165, 1.54) is 12.1 Å². The third-order valence-corrected chi connectivity index (χ3v) is 3.49. The lowest BCUT2D eigenvalue weighted by Gasteiger charge is -2.15. The Labute approximate surface area is 139 Å². The Morgan fingerprint density at radius 1 is 1.52 bits per heavy atom. The molecule has 2 rings (SSSR count). The fourth-order valence-corrected chi connectivity index (χ4v) is 2.21. The van der Waals surface area contributed by atoms with E-state index in [0.29, 0.717) is 6.54 Å². The minimum Gasteiger partial charge on any atom is -0.479 e. The Kier molecular flexibility index (Phi) is 5.98. The summed E-state index contributed by atoms with van der Waals surface area (Å²) in [5.74, 6) is -0.418. The van der Waals surface area contributed by atoms with Crippen LogP contribution < -0.4 is 10.1 Å². The van der Waals surface area contributed by atoms with Gasteiger partial charge in [-0.1, -0.05) is 11.6 Å². The van der Waals surface area contributed by atoms with Gasteiger partial charge < -0.3 is 10.1 Å². The maximum Gasteiger partial charge on any atom is 0.260 e. The van der Waals surface area contributed by atoms with Crippen molar-refractivity contribution < 1.29 is 13.9 Å². The molecule has 23 heavy (non-hydrogen) atoms. The van der Waals surface area contributed by atoms with Gasteiger partial charge in [-0.2, -0.15) is 5.10 Å². The van der Waals surface area contributed by atoms with E-state index in [4.69, 9.17) is 16.3 Å². The number of rotatable bonds is 7. The Balaban J connectivity index is 1.74. The zero-order valence-electron chi connectivity index (χ0n) is 13.1. The number of nitrogens with zero attached hydrogens (tertiary/aromatic N) is 2. The third-order valence-electron chi connectivity index (χ3n) is 3.19. The van der Waals surface area contributed by atoms with Gasteiger partial charge >= 0.3 is 0 Å². The molecule has 0 saturated heterocycles. The molecule has 1 heterocycles. The van der Waals surface area contributed by atoms with Crippen molar-refractivity contribution in [3.8, 4) is 5.75 Å². The molecule has 7 heteroatoms. The van der Waals surface area contributed by atoms with Crippen molar-refractivity contribution in [2.24, 2.45) is 0 Å². The second-order valence-corrected chi connectivity index (χ2v) is 5.67. The number of benzene rings is 1. The molecule has 1 aromatic heterocycles. The smallest absolute Gasteiger partial charge is 0.260 e. The Morgan fingerprint density at radius 3 is 2.96 bits per heavy atom. The second kappa shape index (κ2) is 7.97. The molecule has 1 aromatic carbocycles. The normalized spacial score (nSPS) is 12.0. The summed E-state index contributed by atoms with van der Waals surface area (Å²) in [7, 11) is 0. The molecule has 0 saturated carbocycles. The first-order chi connectivity index (χ1) is 11.0. The molecule has 1 atom stereocenters. The molecular weight excluding hydrogens is 321 g/mol. The average molecular weight is 340 g/mol. The molecule has 0 aliphatic carbocycles. The molecule has 124 valence electrons. The lowest BCUT2D eigenvalue weighted by atomic mass is 10.3. The minimum absolute atomic E-state index is 0.138. The molecule has 0 spiro atoms. The first kappa shape index (κ1) is 17.3. The summed E-state index contributed by atoms with van der Waals surface area (Å²) in [6.45, 7) is 4.84. The van der Waals surface area contributed by atoms with Gasteiger partial charge in [-0.3, -0.25) is 9.48 Å². The van der Waals surface area contributed by atoms with Gasteiger partial charge in [0.25, 0.3) is 5.91 Å². The monoisotopic (exact) mass is 339 g/mol. The first-order valence-electron chi connectivity index (χ1n) is 7.34. The van der Waals surface area contributed by atoms with Crippen LogP contribution in [0.2, 0.25) is 5.02 Å². The summed E-state index contributed by atoms with van der Waals surface area (Å²) in [4.78, 5) is 12.0. The van der Waals surface area contributed by atoms with Crippen molar-refractivity contribution in [1.29, 1.82) is 0 Å². The molecule has 1 amide bonds. The second-order valence-electron chi connectivity index (χ2n) is 5.26. The Morgan fingerprint density at radius 2 is 2.30 bits per heavy atom. The summed E-state index contributed by atoms with van der Waals surface area (Å²) in [6.07, 6.45) is 3.78. The molecule has 0 aliphatic rings. The summed E-state index contributed by atoms with van der Waals surface area (Å²) in [6, 6.07) is 3.78. The molecule has 1 unspecified atom stereocenters. The summed E-state index contributed by atoms with van der Waals surface area (Å²) in [5, 5.41) is 7.10. The van der Waals surface area contributed by atoms with Gasteiger partial charge in [-0.15, -0.1) is 0 Å². The summed E-state index contributed by atoms with van der Waals surface area (Å²) >= 11 is 5.87. The van der Waals surface area contributed by atoms with E-state index < -0.39 is 11.9 Å². The number of carbonyl (C=O) groups is 1. The molecule has 5 nitrogen and oxygen atoms in total. The van der Waals surface area contributed by atoms with Crippen LogP contribution in [0.3, 0.4) is 0 Å². The molecular formula is C16H19ClFN3O2. The van der Waals surface area contributed by atoms with Gasteiger partial charge in [0.15, 0.2) is 6.10 Å². The fourth-order valence-electron chi connectivity index (χ4n) is 2.00. The number of aromatic nitrogens is 2. The number of hydrogen-bond donors (Lipinski definition) is 1. The van der Waals surface area contributed by atoms with Crippen LogP contribution in [0.5, 0.6) is 5.75 Å². The van der Waals surface area contributed by atoms with Crippen LogP contribution in [0.4, 0.5) is 4.39 Å². The summed E-state index contributed by atoms with van der Waals surface area (Å²) in [5.41, 5.74) is 1.10.